The van der Waals surface area contributed by atoms with E-state index in [0.29, 0.717) is 28.4 Å². The zero-order chi connectivity index (χ0) is 16.7. The van der Waals surface area contributed by atoms with Crippen LogP contribution in [0.1, 0.15) is 5.82 Å². The molecule has 120 valence electrons. The number of methoxy groups -OCH3 is 1. The lowest BCUT2D eigenvalue weighted by molar-refractivity contribution is 0.413. The minimum Gasteiger partial charge on any atom is -0.495 e. The standard InChI is InChI=1S/C17H13ClN4O2/c1-24-14-9-5-4-8-13(14)22-16(23)11-6-2-3-7-12(11)21-15(10-18)19-20-17(21)22/h2-9H,10H2,1H3. The third-order valence-corrected chi connectivity index (χ3v) is 4.18. The second-order valence-electron chi connectivity index (χ2n) is 5.21. The molecule has 0 aliphatic heterocycles. The Kier molecular flexibility index (Phi) is 3.46. The normalized spacial score (nSPS) is 11.2. The molecular weight excluding hydrogens is 328 g/mol. The lowest BCUT2D eigenvalue weighted by Gasteiger charge is -2.13. The minimum absolute atomic E-state index is 0.184. The van der Waals surface area contributed by atoms with Crippen molar-refractivity contribution in [2.45, 2.75) is 5.88 Å². The Morgan fingerprint density at radius 3 is 2.62 bits per heavy atom. The Labute approximate surface area is 141 Å². The van der Waals surface area contributed by atoms with Crippen molar-refractivity contribution in [3.05, 3.63) is 64.7 Å². The van der Waals surface area contributed by atoms with Crippen LogP contribution in [-0.2, 0) is 5.88 Å². The maximum Gasteiger partial charge on any atom is 0.267 e. The molecule has 0 radical (unpaired) electrons. The van der Waals surface area contributed by atoms with Crippen LogP contribution >= 0.6 is 11.6 Å². The van der Waals surface area contributed by atoms with E-state index in [1.165, 1.54) is 4.57 Å². The lowest BCUT2D eigenvalue weighted by atomic mass is 10.2. The summed E-state index contributed by atoms with van der Waals surface area (Å²) in [4.78, 5) is 13.1. The van der Waals surface area contributed by atoms with Crippen molar-refractivity contribution in [2.24, 2.45) is 0 Å². The smallest absolute Gasteiger partial charge is 0.267 e. The number of rotatable bonds is 3. The molecule has 4 aromatic rings. The third kappa shape index (κ3) is 2.00. The molecule has 0 aliphatic carbocycles. The van der Waals surface area contributed by atoms with Gasteiger partial charge < -0.3 is 4.74 Å². The summed E-state index contributed by atoms with van der Waals surface area (Å²) < 4.78 is 8.71. The largest absolute Gasteiger partial charge is 0.495 e. The number of benzene rings is 2. The quantitative estimate of drug-likeness (QED) is 0.538. The molecular formula is C17H13ClN4O2. The molecule has 6 nitrogen and oxygen atoms in total. The van der Waals surface area contributed by atoms with Crippen LogP contribution in [0.4, 0.5) is 0 Å². The fraction of sp³-hybridized carbons (Fsp3) is 0.118. The monoisotopic (exact) mass is 340 g/mol. The lowest BCUT2D eigenvalue weighted by Crippen LogP contribution is -2.22. The van der Waals surface area contributed by atoms with E-state index < -0.39 is 0 Å². The number of aromatic nitrogens is 4. The number of hydrogen-bond acceptors (Lipinski definition) is 4. The fourth-order valence-corrected chi connectivity index (χ4v) is 3.05. The van der Waals surface area contributed by atoms with Gasteiger partial charge in [0.05, 0.1) is 29.6 Å². The molecule has 0 aliphatic rings. The van der Waals surface area contributed by atoms with Crippen molar-refractivity contribution >= 4 is 28.3 Å². The van der Waals surface area contributed by atoms with E-state index in [9.17, 15) is 4.79 Å². The summed E-state index contributed by atoms with van der Waals surface area (Å²) in [5.74, 6) is 1.74. The molecule has 0 unspecified atom stereocenters. The van der Waals surface area contributed by atoms with E-state index in [1.807, 2.05) is 36.4 Å². The zero-order valence-electron chi connectivity index (χ0n) is 12.8. The van der Waals surface area contributed by atoms with Gasteiger partial charge in [-0.25, -0.2) is 4.57 Å². The fourth-order valence-electron chi connectivity index (χ4n) is 2.88. The highest BCUT2D eigenvalue weighted by molar-refractivity contribution is 6.16. The third-order valence-electron chi connectivity index (χ3n) is 3.94. The molecule has 0 saturated carbocycles. The summed E-state index contributed by atoms with van der Waals surface area (Å²) in [6, 6.07) is 14.6. The van der Waals surface area contributed by atoms with Crippen molar-refractivity contribution in [3.8, 4) is 11.4 Å². The van der Waals surface area contributed by atoms with Gasteiger partial charge in [0.25, 0.3) is 5.56 Å². The Balaban J connectivity index is 2.25. The van der Waals surface area contributed by atoms with Gasteiger partial charge >= 0.3 is 0 Å². The molecule has 24 heavy (non-hydrogen) atoms. The van der Waals surface area contributed by atoms with Crippen LogP contribution in [0, 0.1) is 0 Å². The number of nitrogens with zero attached hydrogens (tertiary/aromatic N) is 4. The maximum absolute atomic E-state index is 13.1. The summed E-state index contributed by atoms with van der Waals surface area (Å²) in [6.07, 6.45) is 0. The summed E-state index contributed by atoms with van der Waals surface area (Å²) in [6.45, 7) is 0. The van der Waals surface area contributed by atoms with Gasteiger partial charge in [-0.2, -0.15) is 0 Å². The zero-order valence-corrected chi connectivity index (χ0v) is 13.6. The number of halogens is 1. The van der Waals surface area contributed by atoms with Gasteiger partial charge in [0.15, 0.2) is 5.82 Å². The molecule has 0 N–H and O–H groups in total. The maximum atomic E-state index is 13.1. The first kappa shape index (κ1) is 14.7. The average Bonchev–Trinajstić information content (AvgIpc) is 3.06. The van der Waals surface area contributed by atoms with Crippen LogP contribution in [-0.4, -0.2) is 26.3 Å². The van der Waals surface area contributed by atoms with E-state index in [-0.39, 0.29) is 11.4 Å². The molecule has 0 fully saturated rings. The first-order valence-electron chi connectivity index (χ1n) is 7.33. The summed E-state index contributed by atoms with van der Waals surface area (Å²) in [7, 11) is 1.57. The first-order valence-corrected chi connectivity index (χ1v) is 7.87. The molecule has 0 bridgehead atoms. The molecule has 0 atom stereocenters. The molecule has 0 saturated heterocycles. The summed E-state index contributed by atoms with van der Waals surface area (Å²) >= 11 is 6.01. The van der Waals surface area contributed by atoms with E-state index in [2.05, 4.69) is 10.2 Å². The highest BCUT2D eigenvalue weighted by Crippen LogP contribution is 2.24. The molecule has 2 aromatic heterocycles. The van der Waals surface area contributed by atoms with Crippen LogP contribution in [0.3, 0.4) is 0 Å². The van der Waals surface area contributed by atoms with Gasteiger partial charge in [0.1, 0.15) is 5.75 Å². The highest BCUT2D eigenvalue weighted by Gasteiger charge is 2.18. The van der Waals surface area contributed by atoms with Crippen molar-refractivity contribution in [3.63, 3.8) is 0 Å². The Hall–Kier alpha value is -2.86. The predicted molar refractivity (Wildman–Crippen MR) is 92.2 cm³/mol. The van der Waals surface area contributed by atoms with Gasteiger partial charge in [-0.15, -0.1) is 21.8 Å². The molecule has 0 spiro atoms. The average molecular weight is 341 g/mol. The highest BCUT2D eigenvalue weighted by atomic mass is 35.5. The van der Waals surface area contributed by atoms with Gasteiger partial charge in [0.2, 0.25) is 5.78 Å². The first-order chi connectivity index (χ1) is 11.8. The van der Waals surface area contributed by atoms with Crippen molar-refractivity contribution < 1.29 is 4.74 Å². The predicted octanol–water partition coefficient (Wildman–Crippen LogP) is 2.78. The van der Waals surface area contributed by atoms with E-state index in [0.717, 1.165) is 5.52 Å². The van der Waals surface area contributed by atoms with Crippen LogP contribution in [0.5, 0.6) is 5.75 Å². The number of alkyl halides is 1. The van der Waals surface area contributed by atoms with Crippen LogP contribution in [0.25, 0.3) is 22.4 Å². The number of hydrogen-bond donors (Lipinski definition) is 0. The molecule has 2 heterocycles. The van der Waals surface area contributed by atoms with Crippen LogP contribution < -0.4 is 10.3 Å². The van der Waals surface area contributed by atoms with Crippen molar-refractivity contribution in [2.75, 3.05) is 7.11 Å². The van der Waals surface area contributed by atoms with Crippen molar-refractivity contribution in [1.82, 2.24) is 19.2 Å². The van der Waals surface area contributed by atoms with Gasteiger partial charge in [-0.05, 0) is 24.3 Å². The Morgan fingerprint density at radius 1 is 1.08 bits per heavy atom. The van der Waals surface area contributed by atoms with Crippen molar-refractivity contribution in [1.29, 1.82) is 0 Å². The summed E-state index contributed by atoms with van der Waals surface area (Å²) in [5.41, 5.74) is 1.15. The Bertz CT molecular complexity index is 1120. The number of ether oxygens (including phenoxy) is 1. The van der Waals surface area contributed by atoms with Gasteiger partial charge in [-0.1, -0.05) is 24.3 Å². The Morgan fingerprint density at radius 2 is 1.83 bits per heavy atom. The van der Waals surface area contributed by atoms with Gasteiger partial charge in [0, 0.05) is 0 Å². The second kappa shape index (κ2) is 5.65. The number of para-hydroxylation sites is 3. The minimum atomic E-state index is -0.184. The molecule has 7 heteroatoms. The molecule has 0 amide bonds. The number of fused-ring (bicyclic) bond motifs is 3. The van der Waals surface area contributed by atoms with Crippen LogP contribution in [0.2, 0.25) is 0 Å². The van der Waals surface area contributed by atoms with Gasteiger partial charge in [-0.3, -0.25) is 9.20 Å². The molecule has 2 aromatic carbocycles. The topological polar surface area (TPSA) is 61.4 Å². The second-order valence-corrected chi connectivity index (χ2v) is 5.48. The SMILES string of the molecule is COc1ccccc1-n1c(=O)c2ccccc2n2c(CCl)nnc12. The van der Waals surface area contributed by atoms with E-state index in [1.54, 1.807) is 23.6 Å². The van der Waals surface area contributed by atoms with Crippen LogP contribution in [0.15, 0.2) is 53.3 Å². The summed E-state index contributed by atoms with van der Waals surface area (Å²) in [5, 5.41) is 8.87. The van der Waals surface area contributed by atoms with E-state index in [4.69, 9.17) is 16.3 Å². The van der Waals surface area contributed by atoms with E-state index >= 15 is 0 Å². The molecule has 4 rings (SSSR count).